The highest BCUT2D eigenvalue weighted by atomic mass is 79.9. The Morgan fingerprint density at radius 1 is 1.40 bits per heavy atom. The molecule has 1 aliphatic heterocycles. The molecule has 1 aliphatic carbocycles. The van der Waals surface area contributed by atoms with Crippen molar-refractivity contribution >= 4 is 27.5 Å². The average molecular weight is 419 g/mol. The normalized spacial score (nSPS) is 29.4. The second kappa shape index (κ2) is 6.39. The quantitative estimate of drug-likeness (QED) is 0.776. The lowest BCUT2D eigenvalue weighted by Crippen LogP contribution is -2.61. The Morgan fingerprint density at radius 3 is 2.60 bits per heavy atom. The molecule has 1 fully saturated rings. The number of hydrogen-bond donors (Lipinski definition) is 1. The maximum Gasteiger partial charge on any atom is 0.439 e. The lowest BCUT2D eigenvalue weighted by molar-refractivity contribution is -0.313. The van der Waals surface area contributed by atoms with E-state index in [1.54, 1.807) is 12.1 Å². The number of hydrazone groups is 1. The van der Waals surface area contributed by atoms with Gasteiger partial charge in [0.1, 0.15) is 0 Å². The number of rotatable bonds is 2. The van der Waals surface area contributed by atoms with E-state index in [1.807, 2.05) is 6.92 Å². The van der Waals surface area contributed by atoms with Crippen molar-refractivity contribution in [3.8, 4) is 0 Å². The SMILES string of the molecule is CC[C@@H]1CCC2=NN(C(=O)c3ccc(Br)cc3)[C@@](O)(C(F)(F)F)[C@H]2C1. The summed E-state index contributed by atoms with van der Waals surface area (Å²) in [5, 5.41) is 14.8. The first-order valence-electron chi connectivity index (χ1n) is 8.15. The molecule has 4 nitrogen and oxygen atoms in total. The molecule has 0 spiro atoms. The van der Waals surface area contributed by atoms with Gasteiger partial charge in [0.05, 0.1) is 5.92 Å². The van der Waals surface area contributed by atoms with Gasteiger partial charge < -0.3 is 5.11 Å². The van der Waals surface area contributed by atoms with E-state index in [4.69, 9.17) is 0 Å². The molecule has 3 atom stereocenters. The fourth-order valence-corrected chi connectivity index (χ4v) is 3.85. The molecule has 0 aromatic heterocycles. The molecule has 1 amide bonds. The highest BCUT2D eigenvalue weighted by molar-refractivity contribution is 9.10. The zero-order chi connectivity index (χ0) is 18.4. The van der Waals surface area contributed by atoms with E-state index in [0.29, 0.717) is 10.9 Å². The number of halogens is 4. The summed E-state index contributed by atoms with van der Waals surface area (Å²) >= 11 is 3.21. The predicted octanol–water partition coefficient (Wildman–Crippen LogP) is 4.34. The largest absolute Gasteiger partial charge is 0.439 e. The maximum absolute atomic E-state index is 13.8. The third-order valence-electron chi connectivity index (χ3n) is 5.10. The van der Waals surface area contributed by atoms with Crippen LogP contribution in [-0.4, -0.2) is 33.6 Å². The highest BCUT2D eigenvalue weighted by Gasteiger charge is 2.68. The van der Waals surface area contributed by atoms with Crippen LogP contribution in [0.3, 0.4) is 0 Å². The molecule has 8 heteroatoms. The number of fused-ring (bicyclic) bond motifs is 1. The van der Waals surface area contributed by atoms with Crippen LogP contribution in [-0.2, 0) is 0 Å². The lowest BCUT2D eigenvalue weighted by Gasteiger charge is -2.39. The van der Waals surface area contributed by atoms with Gasteiger partial charge in [-0.2, -0.15) is 23.3 Å². The Hall–Kier alpha value is -1.41. The summed E-state index contributed by atoms with van der Waals surface area (Å²) in [6, 6.07) is 5.92. The van der Waals surface area contributed by atoms with Crippen molar-refractivity contribution < 1.29 is 23.1 Å². The zero-order valence-corrected chi connectivity index (χ0v) is 15.1. The Kier molecular flexibility index (Phi) is 4.70. The number of aliphatic hydroxyl groups is 1. The molecule has 0 saturated heterocycles. The summed E-state index contributed by atoms with van der Waals surface area (Å²) in [7, 11) is 0. The molecule has 3 rings (SSSR count). The third kappa shape index (κ3) is 2.99. The number of amides is 1. The second-order valence-corrected chi connectivity index (χ2v) is 7.46. The van der Waals surface area contributed by atoms with Crippen molar-refractivity contribution in [3.63, 3.8) is 0 Å². The Balaban J connectivity index is 2.01. The summed E-state index contributed by atoms with van der Waals surface area (Å²) in [6.07, 6.45) is -3.00. The Labute approximate surface area is 151 Å². The molecule has 2 aliphatic rings. The second-order valence-electron chi connectivity index (χ2n) is 6.54. The molecule has 0 unspecified atom stereocenters. The topological polar surface area (TPSA) is 52.9 Å². The first-order chi connectivity index (χ1) is 11.7. The van der Waals surface area contributed by atoms with E-state index in [1.165, 1.54) is 12.1 Å². The number of benzene rings is 1. The molecule has 25 heavy (non-hydrogen) atoms. The van der Waals surface area contributed by atoms with Gasteiger partial charge in [0.25, 0.3) is 11.6 Å². The Bertz CT molecular complexity index is 705. The van der Waals surface area contributed by atoms with Crippen molar-refractivity contribution in [1.29, 1.82) is 0 Å². The third-order valence-corrected chi connectivity index (χ3v) is 5.62. The highest BCUT2D eigenvalue weighted by Crippen LogP contribution is 2.50. The van der Waals surface area contributed by atoms with E-state index in [2.05, 4.69) is 21.0 Å². The van der Waals surface area contributed by atoms with Crippen LogP contribution in [0.4, 0.5) is 13.2 Å². The van der Waals surface area contributed by atoms with Crippen molar-refractivity contribution in [1.82, 2.24) is 5.01 Å². The van der Waals surface area contributed by atoms with Gasteiger partial charge in [-0.25, -0.2) is 0 Å². The fourth-order valence-electron chi connectivity index (χ4n) is 3.59. The minimum Gasteiger partial charge on any atom is -0.362 e. The van der Waals surface area contributed by atoms with Crippen LogP contribution < -0.4 is 0 Å². The molecule has 0 radical (unpaired) electrons. The standard InChI is InChI=1S/C17H18BrF3N2O2/c1-2-10-3-8-14-13(9-10)16(25,17(19,20)21)23(22-14)15(24)11-4-6-12(18)7-5-11/h4-7,10,13,25H,2-3,8-9H2,1H3/t10-,13+,16+/m1/s1. The van der Waals surface area contributed by atoms with E-state index in [0.717, 1.165) is 12.8 Å². The van der Waals surface area contributed by atoms with Crippen LogP contribution in [0.15, 0.2) is 33.8 Å². The van der Waals surface area contributed by atoms with E-state index >= 15 is 0 Å². The molecule has 1 N–H and O–H groups in total. The lowest BCUT2D eigenvalue weighted by atomic mass is 9.74. The smallest absolute Gasteiger partial charge is 0.362 e. The van der Waals surface area contributed by atoms with E-state index in [-0.39, 0.29) is 28.6 Å². The molecular formula is C17H18BrF3N2O2. The van der Waals surface area contributed by atoms with Crippen LogP contribution in [0.5, 0.6) is 0 Å². The maximum atomic E-state index is 13.8. The summed E-state index contributed by atoms with van der Waals surface area (Å²) in [4.78, 5) is 12.7. The minimum absolute atomic E-state index is 0.0425. The number of alkyl halides is 3. The average Bonchev–Trinajstić information content (AvgIpc) is 2.88. The molecule has 1 aromatic rings. The summed E-state index contributed by atoms with van der Waals surface area (Å²) in [5.41, 5.74) is -2.99. The first-order valence-corrected chi connectivity index (χ1v) is 8.94. The van der Waals surface area contributed by atoms with E-state index < -0.39 is 23.7 Å². The van der Waals surface area contributed by atoms with Crippen LogP contribution in [0, 0.1) is 11.8 Å². The van der Waals surface area contributed by atoms with Crippen molar-refractivity contribution in [2.24, 2.45) is 16.9 Å². The first kappa shape index (κ1) is 18.4. The van der Waals surface area contributed by atoms with Gasteiger partial charge in [-0.1, -0.05) is 29.3 Å². The van der Waals surface area contributed by atoms with E-state index in [9.17, 15) is 23.1 Å². The van der Waals surface area contributed by atoms with Crippen LogP contribution in [0.2, 0.25) is 0 Å². The number of hydrogen-bond acceptors (Lipinski definition) is 3. The van der Waals surface area contributed by atoms with Gasteiger partial charge in [-0.15, -0.1) is 0 Å². The molecule has 1 saturated carbocycles. The Morgan fingerprint density at radius 2 is 2.04 bits per heavy atom. The zero-order valence-electron chi connectivity index (χ0n) is 13.6. The summed E-state index contributed by atoms with van der Waals surface area (Å²) in [5.74, 6) is -2.08. The van der Waals surface area contributed by atoms with Crippen LogP contribution >= 0.6 is 15.9 Å². The predicted molar refractivity (Wildman–Crippen MR) is 89.9 cm³/mol. The van der Waals surface area contributed by atoms with Gasteiger partial charge in [-0.3, -0.25) is 4.79 Å². The van der Waals surface area contributed by atoms with Crippen LogP contribution in [0.1, 0.15) is 43.0 Å². The number of nitrogens with zero attached hydrogens (tertiary/aromatic N) is 2. The molecule has 0 bridgehead atoms. The van der Waals surface area contributed by atoms with Gasteiger partial charge in [0, 0.05) is 15.7 Å². The van der Waals surface area contributed by atoms with Crippen LogP contribution in [0.25, 0.3) is 0 Å². The molecule has 1 aromatic carbocycles. The van der Waals surface area contributed by atoms with Crippen molar-refractivity contribution in [2.75, 3.05) is 0 Å². The summed E-state index contributed by atoms with van der Waals surface area (Å²) < 4.78 is 42.1. The number of carbonyl (C=O) groups excluding carboxylic acids is 1. The summed E-state index contributed by atoms with van der Waals surface area (Å²) in [6.45, 7) is 1.92. The minimum atomic E-state index is -5.00. The number of carbonyl (C=O) groups is 1. The van der Waals surface area contributed by atoms with Gasteiger partial charge >= 0.3 is 6.18 Å². The fraction of sp³-hybridized carbons (Fsp3) is 0.529. The van der Waals surface area contributed by atoms with Crippen molar-refractivity contribution in [3.05, 3.63) is 34.3 Å². The van der Waals surface area contributed by atoms with Gasteiger partial charge in [0.2, 0.25) is 0 Å². The van der Waals surface area contributed by atoms with Gasteiger partial charge in [-0.05, 0) is 49.4 Å². The van der Waals surface area contributed by atoms with Gasteiger partial charge in [0.15, 0.2) is 0 Å². The van der Waals surface area contributed by atoms with Crippen molar-refractivity contribution in [2.45, 2.75) is 44.5 Å². The monoisotopic (exact) mass is 418 g/mol. The molecule has 1 heterocycles. The molecule has 136 valence electrons. The molecular weight excluding hydrogens is 401 g/mol.